The van der Waals surface area contributed by atoms with Crippen LogP contribution in [0.4, 0.5) is 5.69 Å². The van der Waals surface area contributed by atoms with Crippen LogP contribution >= 0.6 is 11.6 Å². The Kier molecular flexibility index (Phi) is 4.29. The van der Waals surface area contributed by atoms with Crippen LogP contribution in [0.15, 0.2) is 30.5 Å². The zero-order chi connectivity index (χ0) is 14.8. The first-order chi connectivity index (χ1) is 10.2. The van der Waals surface area contributed by atoms with E-state index in [1.807, 2.05) is 24.3 Å². The SMILES string of the molecule is CC1CCC(C(CN)Nc2ccc(Cl)c3cccnc23)O1. The minimum absolute atomic E-state index is 0.0846. The van der Waals surface area contributed by atoms with Crippen LogP contribution in [0.25, 0.3) is 10.9 Å². The van der Waals surface area contributed by atoms with Crippen molar-refractivity contribution in [1.29, 1.82) is 0 Å². The van der Waals surface area contributed by atoms with Gasteiger partial charge in [0.15, 0.2) is 0 Å². The molecule has 3 atom stereocenters. The molecule has 1 aromatic heterocycles. The van der Waals surface area contributed by atoms with E-state index in [2.05, 4.69) is 17.2 Å². The molecule has 3 rings (SSSR count). The molecule has 4 nitrogen and oxygen atoms in total. The Morgan fingerprint density at radius 2 is 2.29 bits per heavy atom. The first-order valence-electron chi connectivity index (χ1n) is 7.34. The van der Waals surface area contributed by atoms with Crippen molar-refractivity contribution in [3.8, 4) is 0 Å². The number of anilines is 1. The number of hydrogen-bond donors (Lipinski definition) is 2. The fraction of sp³-hybridized carbons (Fsp3) is 0.438. The summed E-state index contributed by atoms with van der Waals surface area (Å²) in [5.74, 6) is 0. The number of hydrogen-bond acceptors (Lipinski definition) is 4. The number of halogens is 1. The number of nitrogens with zero attached hydrogens (tertiary/aromatic N) is 1. The van der Waals surface area contributed by atoms with E-state index in [9.17, 15) is 0 Å². The summed E-state index contributed by atoms with van der Waals surface area (Å²) in [6.45, 7) is 2.63. The quantitative estimate of drug-likeness (QED) is 0.910. The average Bonchev–Trinajstić information content (AvgIpc) is 2.93. The maximum absolute atomic E-state index is 6.23. The Hall–Kier alpha value is -1.36. The van der Waals surface area contributed by atoms with E-state index in [1.165, 1.54) is 0 Å². The van der Waals surface area contributed by atoms with Gasteiger partial charge in [0.2, 0.25) is 0 Å². The molecule has 2 heterocycles. The molecule has 0 bridgehead atoms. The molecule has 0 aliphatic carbocycles. The number of aromatic nitrogens is 1. The molecule has 1 saturated heterocycles. The zero-order valence-corrected chi connectivity index (χ0v) is 12.8. The van der Waals surface area contributed by atoms with Crippen LogP contribution < -0.4 is 11.1 Å². The van der Waals surface area contributed by atoms with E-state index in [0.29, 0.717) is 17.7 Å². The van der Waals surface area contributed by atoms with Crippen molar-refractivity contribution >= 4 is 28.2 Å². The van der Waals surface area contributed by atoms with Crippen LogP contribution in [0.3, 0.4) is 0 Å². The van der Waals surface area contributed by atoms with Gasteiger partial charge in [-0.2, -0.15) is 0 Å². The van der Waals surface area contributed by atoms with Crippen LogP contribution in [-0.2, 0) is 4.74 Å². The molecule has 2 aromatic rings. The maximum atomic E-state index is 6.23. The number of rotatable bonds is 4. The molecule has 112 valence electrons. The summed E-state index contributed by atoms with van der Waals surface area (Å²) >= 11 is 6.23. The summed E-state index contributed by atoms with van der Waals surface area (Å²) in [6, 6.07) is 7.79. The highest BCUT2D eigenvalue weighted by Crippen LogP contribution is 2.30. The molecule has 5 heteroatoms. The van der Waals surface area contributed by atoms with Gasteiger partial charge in [-0.1, -0.05) is 11.6 Å². The van der Waals surface area contributed by atoms with E-state index >= 15 is 0 Å². The minimum Gasteiger partial charge on any atom is -0.377 e. The lowest BCUT2D eigenvalue weighted by atomic mass is 10.1. The summed E-state index contributed by atoms with van der Waals surface area (Å²) in [4.78, 5) is 4.44. The maximum Gasteiger partial charge on any atom is 0.0948 e. The molecule has 3 unspecified atom stereocenters. The van der Waals surface area contributed by atoms with E-state index in [4.69, 9.17) is 22.1 Å². The highest BCUT2D eigenvalue weighted by Gasteiger charge is 2.29. The Morgan fingerprint density at radius 1 is 1.43 bits per heavy atom. The van der Waals surface area contributed by atoms with Gasteiger partial charge in [0.05, 0.1) is 34.5 Å². The lowest BCUT2D eigenvalue weighted by Gasteiger charge is -2.25. The average molecular weight is 306 g/mol. The van der Waals surface area contributed by atoms with Gasteiger partial charge in [0, 0.05) is 18.1 Å². The number of benzene rings is 1. The highest BCUT2D eigenvalue weighted by molar-refractivity contribution is 6.35. The Labute approximate surface area is 129 Å². The zero-order valence-electron chi connectivity index (χ0n) is 12.1. The summed E-state index contributed by atoms with van der Waals surface area (Å²) in [7, 11) is 0. The molecular formula is C16H20ClN3O. The molecule has 0 radical (unpaired) electrons. The fourth-order valence-electron chi connectivity index (χ4n) is 2.89. The first-order valence-corrected chi connectivity index (χ1v) is 7.72. The van der Waals surface area contributed by atoms with Crippen LogP contribution in [0, 0.1) is 0 Å². The third-order valence-corrected chi connectivity index (χ3v) is 4.35. The van der Waals surface area contributed by atoms with Crippen molar-refractivity contribution in [1.82, 2.24) is 4.98 Å². The van der Waals surface area contributed by atoms with E-state index in [1.54, 1.807) is 6.20 Å². The Bertz CT molecular complexity index is 634. The molecule has 1 fully saturated rings. The number of nitrogens with one attached hydrogen (secondary N) is 1. The smallest absolute Gasteiger partial charge is 0.0948 e. The summed E-state index contributed by atoms with van der Waals surface area (Å²) in [5, 5.41) is 5.14. The topological polar surface area (TPSA) is 60.2 Å². The minimum atomic E-state index is 0.0846. The molecular weight excluding hydrogens is 286 g/mol. The lowest BCUT2D eigenvalue weighted by molar-refractivity contribution is 0.0460. The molecule has 0 spiro atoms. The van der Waals surface area contributed by atoms with Crippen molar-refractivity contribution < 1.29 is 4.74 Å². The number of ether oxygens (including phenoxy) is 1. The van der Waals surface area contributed by atoms with Crippen LogP contribution in [0.5, 0.6) is 0 Å². The summed E-state index contributed by atoms with van der Waals surface area (Å²) in [5.41, 5.74) is 7.75. The molecule has 1 aromatic carbocycles. The fourth-order valence-corrected chi connectivity index (χ4v) is 3.10. The normalized spacial score (nSPS) is 23.4. The van der Waals surface area contributed by atoms with Crippen LogP contribution in [0.2, 0.25) is 5.02 Å². The molecule has 0 saturated carbocycles. The van der Waals surface area contributed by atoms with Gasteiger partial charge in [-0.3, -0.25) is 4.98 Å². The third-order valence-electron chi connectivity index (χ3n) is 4.02. The van der Waals surface area contributed by atoms with E-state index < -0.39 is 0 Å². The number of fused-ring (bicyclic) bond motifs is 1. The number of pyridine rings is 1. The van der Waals surface area contributed by atoms with Crippen molar-refractivity contribution in [2.24, 2.45) is 5.73 Å². The van der Waals surface area contributed by atoms with Crippen molar-refractivity contribution in [2.75, 3.05) is 11.9 Å². The third kappa shape index (κ3) is 2.98. The summed E-state index contributed by atoms with van der Waals surface area (Å²) in [6.07, 6.45) is 4.36. The van der Waals surface area contributed by atoms with Crippen molar-refractivity contribution in [3.63, 3.8) is 0 Å². The molecule has 1 aliphatic heterocycles. The van der Waals surface area contributed by atoms with E-state index in [0.717, 1.165) is 29.4 Å². The highest BCUT2D eigenvalue weighted by atomic mass is 35.5. The lowest BCUT2D eigenvalue weighted by Crippen LogP contribution is -2.40. The van der Waals surface area contributed by atoms with Gasteiger partial charge in [-0.05, 0) is 44.0 Å². The van der Waals surface area contributed by atoms with E-state index in [-0.39, 0.29) is 12.1 Å². The predicted octanol–water partition coefficient (Wildman–Crippen LogP) is 3.19. The standard InChI is InChI=1S/C16H20ClN3O/c1-10-4-7-15(21-10)14(9-18)20-13-6-5-12(17)11-3-2-8-19-16(11)13/h2-3,5-6,8,10,14-15,20H,4,7,9,18H2,1H3. The second kappa shape index (κ2) is 6.18. The Morgan fingerprint density at radius 3 is 3.00 bits per heavy atom. The molecule has 0 amide bonds. The van der Waals surface area contributed by atoms with Gasteiger partial charge in [0.1, 0.15) is 0 Å². The van der Waals surface area contributed by atoms with Crippen LogP contribution in [0.1, 0.15) is 19.8 Å². The summed E-state index contributed by atoms with van der Waals surface area (Å²) < 4.78 is 5.93. The predicted molar refractivity (Wildman–Crippen MR) is 86.8 cm³/mol. The van der Waals surface area contributed by atoms with Gasteiger partial charge >= 0.3 is 0 Å². The Balaban J connectivity index is 1.88. The molecule has 3 N–H and O–H groups in total. The van der Waals surface area contributed by atoms with Gasteiger partial charge < -0.3 is 15.8 Å². The van der Waals surface area contributed by atoms with Gasteiger partial charge in [0.25, 0.3) is 0 Å². The van der Waals surface area contributed by atoms with Crippen LogP contribution in [-0.4, -0.2) is 29.8 Å². The second-order valence-corrected chi connectivity index (χ2v) is 5.95. The molecule has 1 aliphatic rings. The van der Waals surface area contributed by atoms with Crippen molar-refractivity contribution in [3.05, 3.63) is 35.5 Å². The van der Waals surface area contributed by atoms with Crippen molar-refractivity contribution in [2.45, 2.75) is 38.0 Å². The van der Waals surface area contributed by atoms with Gasteiger partial charge in [-0.15, -0.1) is 0 Å². The molecule has 21 heavy (non-hydrogen) atoms. The van der Waals surface area contributed by atoms with Gasteiger partial charge in [-0.25, -0.2) is 0 Å². The number of nitrogens with two attached hydrogens (primary N) is 1. The second-order valence-electron chi connectivity index (χ2n) is 5.54. The largest absolute Gasteiger partial charge is 0.377 e. The monoisotopic (exact) mass is 305 g/mol. The first kappa shape index (κ1) is 14.6.